The van der Waals surface area contributed by atoms with E-state index < -0.39 is 11.7 Å². The first-order valence-corrected chi connectivity index (χ1v) is 9.81. The highest BCUT2D eigenvalue weighted by Gasteiger charge is 2.25. The first-order chi connectivity index (χ1) is 13.2. The van der Waals surface area contributed by atoms with E-state index in [-0.39, 0.29) is 24.3 Å². The fourth-order valence-electron chi connectivity index (χ4n) is 3.06. The number of ether oxygens (including phenoxy) is 1. The zero-order valence-electron chi connectivity index (χ0n) is 17.0. The zero-order valence-corrected chi connectivity index (χ0v) is 17.0. The third-order valence-corrected chi connectivity index (χ3v) is 4.44. The molecular weight excluding hydrogens is 358 g/mol. The number of nitrogens with zero attached hydrogens (tertiary/aromatic N) is 1. The molecular formula is C21H31N3O4. The number of amides is 3. The van der Waals surface area contributed by atoms with Crippen LogP contribution in [0.2, 0.25) is 0 Å². The largest absolute Gasteiger partial charge is 0.444 e. The molecule has 1 saturated heterocycles. The van der Waals surface area contributed by atoms with Gasteiger partial charge in [-0.05, 0) is 39.2 Å². The number of alkyl carbamates (subject to hydrolysis) is 1. The smallest absolute Gasteiger partial charge is 0.407 e. The van der Waals surface area contributed by atoms with Gasteiger partial charge in [-0.1, -0.05) is 30.3 Å². The van der Waals surface area contributed by atoms with E-state index >= 15 is 0 Å². The molecule has 28 heavy (non-hydrogen) atoms. The van der Waals surface area contributed by atoms with Crippen molar-refractivity contribution in [3.05, 3.63) is 35.9 Å². The van der Waals surface area contributed by atoms with Crippen molar-refractivity contribution in [3.8, 4) is 0 Å². The zero-order chi connectivity index (χ0) is 20.6. The van der Waals surface area contributed by atoms with Crippen molar-refractivity contribution < 1.29 is 19.1 Å². The number of carbonyl (C=O) groups excluding carboxylic acids is 3. The summed E-state index contributed by atoms with van der Waals surface area (Å²) in [5.74, 6) is -0.0602. The normalized spacial score (nSPS) is 15.0. The van der Waals surface area contributed by atoms with Crippen LogP contribution in [0.25, 0.3) is 0 Å². The van der Waals surface area contributed by atoms with Gasteiger partial charge in [0, 0.05) is 32.1 Å². The molecule has 0 bridgehead atoms. The summed E-state index contributed by atoms with van der Waals surface area (Å²) in [5, 5.41) is 5.66. The Bertz CT molecular complexity index is 662. The highest BCUT2D eigenvalue weighted by Crippen LogP contribution is 2.13. The molecule has 7 heteroatoms. The molecule has 1 aliphatic rings. The molecule has 1 heterocycles. The monoisotopic (exact) mass is 389 g/mol. The van der Waals surface area contributed by atoms with E-state index in [4.69, 9.17) is 4.74 Å². The van der Waals surface area contributed by atoms with Crippen molar-refractivity contribution in [2.45, 2.75) is 58.1 Å². The minimum Gasteiger partial charge on any atom is -0.444 e. The summed E-state index contributed by atoms with van der Waals surface area (Å²) in [7, 11) is 0. The molecule has 3 amide bonds. The Morgan fingerprint density at radius 1 is 1.11 bits per heavy atom. The average molecular weight is 389 g/mol. The Balaban J connectivity index is 1.62. The minimum absolute atomic E-state index is 0.0180. The Kier molecular flexibility index (Phi) is 7.84. The van der Waals surface area contributed by atoms with Crippen LogP contribution >= 0.6 is 0 Å². The maximum absolute atomic E-state index is 12.3. The standard InChI is InChI=1S/C21H31N3O4/c1-21(2,3)28-20(27)23-17-10-13-24(14-11-17)19(26)9-12-22-18(25)15-16-7-5-4-6-8-16/h4-8,17H,9-15H2,1-3H3,(H,22,25)(H,23,27). The molecule has 2 rings (SSSR count). The van der Waals surface area contributed by atoms with Crippen molar-refractivity contribution in [3.63, 3.8) is 0 Å². The van der Waals surface area contributed by atoms with Crippen molar-refractivity contribution in [2.24, 2.45) is 0 Å². The van der Waals surface area contributed by atoms with Crippen LogP contribution in [0, 0.1) is 0 Å². The van der Waals surface area contributed by atoms with Crippen molar-refractivity contribution in [1.82, 2.24) is 15.5 Å². The van der Waals surface area contributed by atoms with Gasteiger partial charge in [-0.15, -0.1) is 0 Å². The van der Waals surface area contributed by atoms with E-state index in [9.17, 15) is 14.4 Å². The molecule has 0 saturated carbocycles. The number of carbonyl (C=O) groups is 3. The minimum atomic E-state index is -0.522. The lowest BCUT2D eigenvalue weighted by atomic mass is 10.0. The summed E-state index contributed by atoms with van der Waals surface area (Å²) >= 11 is 0. The Morgan fingerprint density at radius 3 is 2.36 bits per heavy atom. The van der Waals surface area contributed by atoms with E-state index in [0.717, 1.165) is 5.56 Å². The van der Waals surface area contributed by atoms with Gasteiger partial charge in [0.1, 0.15) is 5.60 Å². The maximum Gasteiger partial charge on any atom is 0.407 e. The number of hydrogen-bond donors (Lipinski definition) is 2. The summed E-state index contributed by atoms with van der Waals surface area (Å²) in [6.45, 7) is 7.00. The summed E-state index contributed by atoms with van der Waals surface area (Å²) in [6, 6.07) is 9.53. The molecule has 0 atom stereocenters. The molecule has 2 N–H and O–H groups in total. The second-order valence-electron chi connectivity index (χ2n) is 8.06. The lowest BCUT2D eigenvalue weighted by Crippen LogP contribution is -2.48. The molecule has 0 unspecified atom stereocenters. The Labute approximate surface area is 166 Å². The van der Waals surface area contributed by atoms with Crippen molar-refractivity contribution >= 4 is 17.9 Å². The van der Waals surface area contributed by atoms with Gasteiger partial charge in [0.25, 0.3) is 0 Å². The predicted octanol–water partition coefficient (Wildman–Crippen LogP) is 2.25. The fourth-order valence-corrected chi connectivity index (χ4v) is 3.06. The van der Waals surface area contributed by atoms with Gasteiger partial charge in [0.2, 0.25) is 11.8 Å². The summed E-state index contributed by atoms with van der Waals surface area (Å²) in [5.41, 5.74) is 0.428. The van der Waals surface area contributed by atoms with E-state index in [1.54, 1.807) is 4.90 Å². The van der Waals surface area contributed by atoms with Crippen LogP contribution in [-0.4, -0.2) is 54.1 Å². The van der Waals surface area contributed by atoms with Gasteiger partial charge >= 0.3 is 6.09 Å². The molecule has 0 aromatic heterocycles. The van der Waals surface area contributed by atoms with E-state index in [0.29, 0.717) is 38.9 Å². The second kappa shape index (κ2) is 10.1. The van der Waals surface area contributed by atoms with E-state index in [1.165, 1.54) is 0 Å². The molecule has 1 aliphatic heterocycles. The topological polar surface area (TPSA) is 87.7 Å². The second-order valence-corrected chi connectivity index (χ2v) is 8.06. The van der Waals surface area contributed by atoms with E-state index in [2.05, 4.69) is 10.6 Å². The van der Waals surface area contributed by atoms with Gasteiger partial charge in [0.15, 0.2) is 0 Å². The molecule has 154 valence electrons. The number of nitrogens with one attached hydrogen (secondary N) is 2. The van der Waals surface area contributed by atoms with Gasteiger partial charge < -0.3 is 20.3 Å². The quantitative estimate of drug-likeness (QED) is 0.781. The third kappa shape index (κ3) is 7.98. The number of hydrogen-bond acceptors (Lipinski definition) is 4. The Hall–Kier alpha value is -2.57. The van der Waals surface area contributed by atoms with Crippen LogP contribution in [0.3, 0.4) is 0 Å². The van der Waals surface area contributed by atoms with Crippen LogP contribution in [-0.2, 0) is 20.7 Å². The summed E-state index contributed by atoms with van der Waals surface area (Å²) in [6.07, 6.45) is 1.58. The van der Waals surface area contributed by atoms with Crippen molar-refractivity contribution in [2.75, 3.05) is 19.6 Å². The molecule has 1 aromatic rings. The Morgan fingerprint density at radius 2 is 1.75 bits per heavy atom. The van der Waals surface area contributed by atoms with Crippen LogP contribution in [0.5, 0.6) is 0 Å². The van der Waals surface area contributed by atoms with Crippen molar-refractivity contribution in [1.29, 1.82) is 0 Å². The highest BCUT2D eigenvalue weighted by atomic mass is 16.6. The molecule has 0 aliphatic carbocycles. The van der Waals surface area contributed by atoms with Crippen LogP contribution in [0.4, 0.5) is 4.79 Å². The molecule has 7 nitrogen and oxygen atoms in total. The first-order valence-electron chi connectivity index (χ1n) is 9.81. The van der Waals surface area contributed by atoms with Gasteiger partial charge in [-0.2, -0.15) is 0 Å². The van der Waals surface area contributed by atoms with Crippen LogP contribution in [0.1, 0.15) is 45.6 Å². The van der Waals surface area contributed by atoms with E-state index in [1.807, 2.05) is 51.1 Å². The lowest BCUT2D eigenvalue weighted by molar-refractivity contribution is -0.132. The molecule has 1 aromatic carbocycles. The van der Waals surface area contributed by atoms with Crippen LogP contribution < -0.4 is 10.6 Å². The molecule has 0 spiro atoms. The highest BCUT2D eigenvalue weighted by molar-refractivity contribution is 5.80. The number of benzene rings is 1. The predicted molar refractivity (Wildman–Crippen MR) is 107 cm³/mol. The third-order valence-electron chi connectivity index (χ3n) is 4.44. The molecule has 0 radical (unpaired) electrons. The number of piperidine rings is 1. The number of rotatable bonds is 6. The summed E-state index contributed by atoms with van der Waals surface area (Å²) < 4.78 is 5.26. The van der Waals surface area contributed by atoms with Gasteiger partial charge in [-0.25, -0.2) is 4.79 Å². The lowest BCUT2D eigenvalue weighted by Gasteiger charge is -2.33. The van der Waals surface area contributed by atoms with Gasteiger partial charge in [-0.3, -0.25) is 9.59 Å². The maximum atomic E-state index is 12.3. The van der Waals surface area contributed by atoms with Gasteiger partial charge in [0.05, 0.1) is 6.42 Å². The summed E-state index contributed by atoms with van der Waals surface area (Å²) in [4.78, 5) is 37.9. The van der Waals surface area contributed by atoms with Crippen LogP contribution in [0.15, 0.2) is 30.3 Å². The SMILES string of the molecule is CC(C)(C)OC(=O)NC1CCN(C(=O)CCNC(=O)Cc2ccccc2)CC1. The first kappa shape index (κ1) is 21.7. The number of likely N-dealkylation sites (tertiary alicyclic amines) is 1. The fraction of sp³-hybridized carbons (Fsp3) is 0.571. The average Bonchev–Trinajstić information content (AvgIpc) is 2.61. The molecule has 1 fully saturated rings.